The number of nitrogens with zero attached hydrogens (tertiary/aromatic N) is 2. The third-order valence-electron chi connectivity index (χ3n) is 3.53. The molecule has 2 aromatic rings. The van der Waals surface area contributed by atoms with Gasteiger partial charge in [0.1, 0.15) is 5.82 Å². The van der Waals surface area contributed by atoms with E-state index in [1.54, 1.807) is 0 Å². The fourth-order valence-electron chi connectivity index (χ4n) is 2.41. The predicted octanol–water partition coefficient (Wildman–Crippen LogP) is 2.03. The fraction of sp³-hybridized carbons (Fsp3) is 0.357. The van der Waals surface area contributed by atoms with Crippen LogP contribution in [0.1, 0.15) is 6.42 Å². The minimum absolute atomic E-state index is 0.573. The number of pyridine rings is 1. The Morgan fingerprint density at radius 1 is 1.24 bits per heavy atom. The molecule has 1 N–H and O–H groups in total. The van der Waals surface area contributed by atoms with Crippen LogP contribution in [-0.2, 0) is 0 Å². The fourth-order valence-corrected chi connectivity index (χ4v) is 2.41. The third-order valence-corrected chi connectivity index (χ3v) is 3.53. The van der Waals surface area contributed by atoms with Gasteiger partial charge < -0.3 is 10.2 Å². The monoisotopic (exact) mass is 227 g/mol. The van der Waals surface area contributed by atoms with Crippen LogP contribution in [-0.4, -0.2) is 31.2 Å². The Labute approximate surface area is 101 Å². The van der Waals surface area contributed by atoms with E-state index < -0.39 is 0 Å². The van der Waals surface area contributed by atoms with Gasteiger partial charge in [-0.3, -0.25) is 0 Å². The van der Waals surface area contributed by atoms with E-state index in [1.165, 1.54) is 11.8 Å². The maximum Gasteiger partial charge on any atom is 0.129 e. The van der Waals surface area contributed by atoms with Crippen molar-refractivity contribution < 1.29 is 0 Å². The van der Waals surface area contributed by atoms with Gasteiger partial charge in [0, 0.05) is 25.0 Å². The second-order valence-electron chi connectivity index (χ2n) is 4.62. The van der Waals surface area contributed by atoms with Crippen LogP contribution in [0.25, 0.3) is 10.9 Å². The lowest BCUT2D eigenvalue weighted by Gasteiger charge is -2.25. The molecule has 0 amide bonds. The first-order valence-electron chi connectivity index (χ1n) is 6.14. The SMILES string of the molecule is CN(c1ccc2ccccc2n1)C1CCNC1. The number of hydrogen-bond acceptors (Lipinski definition) is 3. The van der Waals surface area contributed by atoms with Gasteiger partial charge >= 0.3 is 0 Å². The summed E-state index contributed by atoms with van der Waals surface area (Å²) >= 11 is 0. The summed E-state index contributed by atoms with van der Waals surface area (Å²) in [4.78, 5) is 7.00. The molecule has 17 heavy (non-hydrogen) atoms. The van der Waals surface area contributed by atoms with Gasteiger partial charge in [0.05, 0.1) is 5.52 Å². The van der Waals surface area contributed by atoms with Crippen molar-refractivity contribution in [2.75, 3.05) is 25.0 Å². The molecule has 1 aliphatic rings. The van der Waals surface area contributed by atoms with E-state index in [0.717, 1.165) is 24.4 Å². The Bertz CT molecular complexity index is 518. The average molecular weight is 227 g/mol. The van der Waals surface area contributed by atoms with Crippen molar-refractivity contribution in [1.82, 2.24) is 10.3 Å². The van der Waals surface area contributed by atoms with E-state index in [0.29, 0.717) is 6.04 Å². The molecular weight excluding hydrogens is 210 g/mol. The molecule has 1 unspecified atom stereocenters. The predicted molar refractivity (Wildman–Crippen MR) is 71.4 cm³/mol. The molecule has 1 aromatic carbocycles. The Morgan fingerprint density at radius 2 is 2.12 bits per heavy atom. The van der Waals surface area contributed by atoms with Crippen molar-refractivity contribution in [3.8, 4) is 0 Å². The number of benzene rings is 1. The summed E-state index contributed by atoms with van der Waals surface area (Å²) in [5.74, 6) is 1.07. The summed E-state index contributed by atoms with van der Waals surface area (Å²) in [5.41, 5.74) is 1.07. The molecule has 1 saturated heterocycles. The number of rotatable bonds is 2. The molecule has 3 rings (SSSR count). The zero-order valence-corrected chi connectivity index (χ0v) is 10.1. The molecule has 3 heteroatoms. The topological polar surface area (TPSA) is 28.2 Å². The first kappa shape index (κ1) is 10.5. The maximum atomic E-state index is 4.72. The van der Waals surface area contributed by atoms with Crippen LogP contribution in [0.3, 0.4) is 0 Å². The van der Waals surface area contributed by atoms with Crippen molar-refractivity contribution in [2.24, 2.45) is 0 Å². The number of aromatic nitrogens is 1. The van der Waals surface area contributed by atoms with Crippen LogP contribution in [0.2, 0.25) is 0 Å². The summed E-state index contributed by atoms with van der Waals surface area (Å²) in [6, 6.07) is 13.1. The van der Waals surface area contributed by atoms with Gasteiger partial charge in [-0.1, -0.05) is 18.2 Å². The van der Waals surface area contributed by atoms with Crippen LogP contribution < -0.4 is 10.2 Å². The molecule has 0 saturated carbocycles. The minimum Gasteiger partial charge on any atom is -0.355 e. The molecule has 1 atom stereocenters. The average Bonchev–Trinajstić information content (AvgIpc) is 2.91. The lowest BCUT2D eigenvalue weighted by atomic mass is 10.2. The van der Waals surface area contributed by atoms with E-state index in [1.807, 2.05) is 12.1 Å². The molecule has 0 bridgehead atoms. The lowest BCUT2D eigenvalue weighted by Crippen LogP contribution is -2.33. The number of hydrogen-bond donors (Lipinski definition) is 1. The van der Waals surface area contributed by atoms with E-state index in [2.05, 4.69) is 41.5 Å². The van der Waals surface area contributed by atoms with Gasteiger partial charge in [-0.25, -0.2) is 4.98 Å². The van der Waals surface area contributed by atoms with Gasteiger partial charge in [-0.2, -0.15) is 0 Å². The lowest BCUT2D eigenvalue weighted by molar-refractivity contribution is 0.679. The number of anilines is 1. The highest BCUT2D eigenvalue weighted by molar-refractivity contribution is 5.80. The van der Waals surface area contributed by atoms with E-state index in [9.17, 15) is 0 Å². The smallest absolute Gasteiger partial charge is 0.129 e. The highest BCUT2D eigenvalue weighted by Gasteiger charge is 2.20. The molecule has 2 heterocycles. The second-order valence-corrected chi connectivity index (χ2v) is 4.62. The first-order valence-corrected chi connectivity index (χ1v) is 6.14. The standard InChI is InChI=1S/C14H17N3/c1-17(12-8-9-15-10-12)14-7-6-11-4-2-3-5-13(11)16-14/h2-7,12,15H,8-10H2,1H3. The number of likely N-dealkylation sites (N-methyl/N-ethyl adjacent to an activating group) is 1. The highest BCUT2D eigenvalue weighted by atomic mass is 15.2. The van der Waals surface area contributed by atoms with Crippen molar-refractivity contribution in [3.63, 3.8) is 0 Å². The molecule has 0 radical (unpaired) electrons. The van der Waals surface area contributed by atoms with Crippen LogP contribution in [0.4, 0.5) is 5.82 Å². The van der Waals surface area contributed by atoms with Crippen molar-refractivity contribution >= 4 is 16.7 Å². The largest absolute Gasteiger partial charge is 0.355 e. The van der Waals surface area contributed by atoms with Crippen LogP contribution in [0.15, 0.2) is 36.4 Å². The van der Waals surface area contributed by atoms with Crippen molar-refractivity contribution in [2.45, 2.75) is 12.5 Å². The van der Waals surface area contributed by atoms with Gasteiger partial charge in [-0.15, -0.1) is 0 Å². The molecule has 88 valence electrons. The van der Waals surface area contributed by atoms with Gasteiger partial charge in [-0.05, 0) is 31.2 Å². The molecule has 1 fully saturated rings. The normalized spacial score (nSPS) is 19.7. The maximum absolute atomic E-state index is 4.72. The summed E-state index contributed by atoms with van der Waals surface area (Å²) in [5, 5.41) is 4.59. The Balaban J connectivity index is 1.94. The Hall–Kier alpha value is -1.61. The van der Waals surface area contributed by atoms with E-state index in [4.69, 9.17) is 4.98 Å². The van der Waals surface area contributed by atoms with E-state index in [-0.39, 0.29) is 0 Å². The van der Waals surface area contributed by atoms with Crippen LogP contribution in [0.5, 0.6) is 0 Å². The zero-order valence-electron chi connectivity index (χ0n) is 10.1. The molecule has 1 aliphatic heterocycles. The third kappa shape index (κ3) is 1.98. The van der Waals surface area contributed by atoms with Gasteiger partial charge in [0.2, 0.25) is 0 Å². The number of para-hydroxylation sites is 1. The summed E-state index contributed by atoms with van der Waals surface area (Å²) in [6.07, 6.45) is 1.20. The van der Waals surface area contributed by atoms with E-state index >= 15 is 0 Å². The minimum atomic E-state index is 0.573. The summed E-state index contributed by atoms with van der Waals surface area (Å²) in [7, 11) is 2.13. The van der Waals surface area contributed by atoms with Gasteiger partial charge in [0.15, 0.2) is 0 Å². The summed E-state index contributed by atoms with van der Waals surface area (Å²) < 4.78 is 0. The van der Waals surface area contributed by atoms with Crippen molar-refractivity contribution in [3.05, 3.63) is 36.4 Å². The summed E-state index contributed by atoms with van der Waals surface area (Å²) in [6.45, 7) is 2.17. The number of fused-ring (bicyclic) bond motifs is 1. The van der Waals surface area contributed by atoms with Crippen molar-refractivity contribution in [1.29, 1.82) is 0 Å². The van der Waals surface area contributed by atoms with Crippen LogP contribution in [0, 0.1) is 0 Å². The molecular formula is C14H17N3. The van der Waals surface area contributed by atoms with Gasteiger partial charge in [0.25, 0.3) is 0 Å². The molecule has 0 spiro atoms. The molecule has 0 aliphatic carbocycles. The highest BCUT2D eigenvalue weighted by Crippen LogP contribution is 2.20. The Morgan fingerprint density at radius 3 is 2.94 bits per heavy atom. The zero-order chi connectivity index (χ0) is 11.7. The number of nitrogens with one attached hydrogen (secondary N) is 1. The second kappa shape index (κ2) is 4.34. The molecule has 1 aromatic heterocycles. The quantitative estimate of drug-likeness (QED) is 0.851. The molecule has 3 nitrogen and oxygen atoms in total. The van der Waals surface area contributed by atoms with Crippen LogP contribution >= 0.6 is 0 Å². The Kier molecular flexibility index (Phi) is 2.69. The first-order chi connectivity index (χ1) is 8.34.